The molecule has 1 atom stereocenters. The lowest BCUT2D eigenvalue weighted by atomic mass is 10.1. The molecule has 0 bridgehead atoms. The molecule has 128 valence electrons. The van der Waals surface area contributed by atoms with Gasteiger partial charge in [-0.2, -0.15) is 0 Å². The van der Waals surface area contributed by atoms with Gasteiger partial charge in [0, 0.05) is 45.0 Å². The van der Waals surface area contributed by atoms with Gasteiger partial charge in [0.15, 0.2) is 5.82 Å². The first-order chi connectivity index (χ1) is 11.2. The number of amides is 2. The standard InChI is InChI=1S/C16H25FN4O2/c1-3-13-12-21(8-7-20(13)9-10-23-4-2)16(22)19-15-5-6-18-11-14(15)17/h5-6,11,13H,3-4,7-10,12H2,1-2H3,(H,18,19,22). The number of nitrogens with one attached hydrogen (secondary N) is 1. The highest BCUT2D eigenvalue weighted by atomic mass is 19.1. The van der Waals surface area contributed by atoms with E-state index in [1.165, 1.54) is 12.3 Å². The van der Waals surface area contributed by atoms with Gasteiger partial charge >= 0.3 is 6.03 Å². The fourth-order valence-corrected chi connectivity index (χ4v) is 2.76. The Labute approximate surface area is 136 Å². The predicted molar refractivity (Wildman–Crippen MR) is 86.9 cm³/mol. The Hall–Kier alpha value is -1.73. The SMILES string of the molecule is CCOCCN1CCN(C(=O)Nc2ccncc2F)CC1CC. The molecule has 0 radical (unpaired) electrons. The number of pyridine rings is 1. The first kappa shape index (κ1) is 17.6. The largest absolute Gasteiger partial charge is 0.380 e. The molecule has 1 saturated heterocycles. The molecular formula is C16H25FN4O2. The van der Waals surface area contributed by atoms with Crippen molar-refractivity contribution < 1.29 is 13.9 Å². The zero-order valence-electron chi connectivity index (χ0n) is 13.8. The number of ether oxygens (including phenoxy) is 1. The van der Waals surface area contributed by atoms with E-state index in [2.05, 4.69) is 22.1 Å². The van der Waals surface area contributed by atoms with Crippen LogP contribution in [-0.2, 0) is 4.74 Å². The summed E-state index contributed by atoms with van der Waals surface area (Å²) in [6.45, 7) is 8.47. The average Bonchev–Trinajstić information content (AvgIpc) is 2.57. The third kappa shape index (κ3) is 4.87. The van der Waals surface area contributed by atoms with Crippen molar-refractivity contribution in [2.45, 2.75) is 26.3 Å². The van der Waals surface area contributed by atoms with Crippen molar-refractivity contribution in [1.82, 2.24) is 14.8 Å². The van der Waals surface area contributed by atoms with Crippen molar-refractivity contribution in [2.24, 2.45) is 0 Å². The van der Waals surface area contributed by atoms with E-state index in [0.29, 0.717) is 25.7 Å². The summed E-state index contributed by atoms with van der Waals surface area (Å²) in [6.07, 6.45) is 3.51. The summed E-state index contributed by atoms with van der Waals surface area (Å²) in [7, 11) is 0. The molecule has 0 aliphatic carbocycles. The quantitative estimate of drug-likeness (QED) is 0.815. The molecule has 0 saturated carbocycles. The molecule has 2 amide bonds. The second-order valence-electron chi connectivity index (χ2n) is 5.53. The zero-order chi connectivity index (χ0) is 16.7. The van der Waals surface area contributed by atoms with Gasteiger partial charge in [-0.05, 0) is 19.4 Å². The van der Waals surface area contributed by atoms with Crippen LogP contribution in [0.25, 0.3) is 0 Å². The Bertz CT molecular complexity index is 515. The third-order valence-electron chi connectivity index (χ3n) is 4.10. The number of anilines is 1. The summed E-state index contributed by atoms with van der Waals surface area (Å²) in [5.41, 5.74) is 0.164. The number of piperazine rings is 1. The van der Waals surface area contributed by atoms with Crippen molar-refractivity contribution in [2.75, 3.05) is 44.7 Å². The van der Waals surface area contributed by atoms with E-state index in [-0.39, 0.29) is 11.7 Å². The van der Waals surface area contributed by atoms with Gasteiger partial charge in [-0.15, -0.1) is 0 Å². The van der Waals surface area contributed by atoms with Crippen molar-refractivity contribution in [3.63, 3.8) is 0 Å². The molecule has 2 rings (SSSR count). The Kier molecular flexibility index (Phi) is 6.73. The maximum absolute atomic E-state index is 13.6. The average molecular weight is 324 g/mol. The molecule has 1 unspecified atom stereocenters. The Morgan fingerprint density at radius 1 is 1.48 bits per heavy atom. The number of hydrogen-bond donors (Lipinski definition) is 1. The van der Waals surface area contributed by atoms with Gasteiger partial charge in [-0.3, -0.25) is 9.88 Å². The molecule has 23 heavy (non-hydrogen) atoms. The van der Waals surface area contributed by atoms with Gasteiger partial charge in [-0.25, -0.2) is 9.18 Å². The van der Waals surface area contributed by atoms with Crippen molar-refractivity contribution >= 4 is 11.7 Å². The molecule has 0 spiro atoms. The molecule has 1 aromatic rings. The summed E-state index contributed by atoms with van der Waals surface area (Å²) >= 11 is 0. The van der Waals surface area contributed by atoms with E-state index < -0.39 is 5.82 Å². The highest BCUT2D eigenvalue weighted by Gasteiger charge is 2.28. The zero-order valence-corrected chi connectivity index (χ0v) is 13.8. The van der Waals surface area contributed by atoms with Gasteiger partial charge in [-0.1, -0.05) is 6.92 Å². The summed E-state index contributed by atoms with van der Waals surface area (Å²) in [5, 5.41) is 2.62. The number of nitrogens with zero attached hydrogens (tertiary/aromatic N) is 3. The van der Waals surface area contributed by atoms with Crippen LogP contribution in [0.1, 0.15) is 20.3 Å². The van der Waals surface area contributed by atoms with Crippen LogP contribution in [0.15, 0.2) is 18.5 Å². The van der Waals surface area contributed by atoms with E-state index in [4.69, 9.17) is 4.74 Å². The van der Waals surface area contributed by atoms with Gasteiger partial charge in [0.25, 0.3) is 0 Å². The monoisotopic (exact) mass is 324 g/mol. The second kappa shape index (κ2) is 8.79. The summed E-state index contributed by atoms with van der Waals surface area (Å²) < 4.78 is 19.0. The minimum atomic E-state index is -0.525. The highest BCUT2D eigenvalue weighted by molar-refractivity contribution is 5.89. The smallest absolute Gasteiger partial charge is 0.322 e. The lowest BCUT2D eigenvalue weighted by Crippen LogP contribution is -2.56. The normalized spacial score (nSPS) is 18.9. The fraction of sp³-hybridized carbons (Fsp3) is 0.625. The van der Waals surface area contributed by atoms with Gasteiger partial charge in [0.05, 0.1) is 18.5 Å². The van der Waals surface area contributed by atoms with E-state index >= 15 is 0 Å². The van der Waals surface area contributed by atoms with E-state index in [1.807, 2.05) is 6.92 Å². The van der Waals surface area contributed by atoms with Crippen LogP contribution in [0.3, 0.4) is 0 Å². The lowest BCUT2D eigenvalue weighted by Gasteiger charge is -2.41. The van der Waals surface area contributed by atoms with E-state index in [9.17, 15) is 9.18 Å². The minimum absolute atomic E-state index is 0.164. The molecule has 6 nitrogen and oxygen atoms in total. The molecular weight excluding hydrogens is 299 g/mol. The molecule has 0 aromatic carbocycles. The predicted octanol–water partition coefficient (Wildman–Crippen LogP) is 2.19. The Balaban J connectivity index is 1.89. The van der Waals surface area contributed by atoms with Gasteiger partial charge < -0.3 is 15.0 Å². The molecule has 1 aliphatic rings. The van der Waals surface area contributed by atoms with Crippen LogP contribution in [0, 0.1) is 5.82 Å². The van der Waals surface area contributed by atoms with Gasteiger partial charge in [0.1, 0.15) is 0 Å². The molecule has 1 N–H and O–H groups in total. The van der Waals surface area contributed by atoms with Gasteiger partial charge in [0.2, 0.25) is 0 Å². The maximum atomic E-state index is 13.6. The number of hydrogen-bond acceptors (Lipinski definition) is 4. The van der Waals surface area contributed by atoms with Crippen molar-refractivity contribution in [3.8, 4) is 0 Å². The van der Waals surface area contributed by atoms with E-state index in [1.54, 1.807) is 4.90 Å². The number of halogens is 1. The number of aromatic nitrogens is 1. The van der Waals surface area contributed by atoms with E-state index in [0.717, 1.165) is 32.3 Å². The van der Waals surface area contributed by atoms with Crippen LogP contribution in [-0.4, -0.2) is 66.2 Å². The van der Waals surface area contributed by atoms with Crippen molar-refractivity contribution in [1.29, 1.82) is 0 Å². The number of carbonyl (C=O) groups excluding carboxylic acids is 1. The number of urea groups is 1. The van der Waals surface area contributed by atoms with Crippen LogP contribution < -0.4 is 5.32 Å². The molecule has 1 aromatic heterocycles. The Morgan fingerprint density at radius 2 is 2.30 bits per heavy atom. The number of rotatable bonds is 6. The summed E-state index contributed by atoms with van der Waals surface area (Å²) in [6, 6.07) is 1.50. The van der Waals surface area contributed by atoms with Crippen LogP contribution in [0.4, 0.5) is 14.9 Å². The fourth-order valence-electron chi connectivity index (χ4n) is 2.76. The number of carbonyl (C=O) groups is 1. The molecule has 1 aliphatic heterocycles. The topological polar surface area (TPSA) is 57.7 Å². The van der Waals surface area contributed by atoms with Crippen molar-refractivity contribution in [3.05, 3.63) is 24.3 Å². The summed E-state index contributed by atoms with van der Waals surface area (Å²) in [5.74, 6) is -0.525. The first-order valence-electron chi connectivity index (χ1n) is 8.12. The summed E-state index contributed by atoms with van der Waals surface area (Å²) in [4.78, 5) is 20.1. The molecule has 1 fully saturated rings. The minimum Gasteiger partial charge on any atom is -0.380 e. The second-order valence-corrected chi connectivity index (χ2v) is 5.53. The molecule has 7 heteroatoms. The van der Waals surface area contributed by atoms with Crippen LogP contribution in [0.2, 0.25) is 0 Å². The first-order valence-corrected chi connectivity index (χ1v) is 8.12. The lowest BCUT2D eigenvalue weighted by molar-refractivity contribution is 0.0545. The Morgan fingerprint density at radius 3 is 3.00 bits per heavy atom. The van der Waals surface area contributed by atoms with Crippen LogP contribution >= 0.6 is 0 Å². The highest BCUT2D eigenvalue weighted by Crippen LogP contribution is 2.16. The van der Waals surface area contributed by atoms with Crippen LogP contribution in [0.5, 0.6) is 0 Å². The molecule has 2 heterocycles. The third-order valence-corrected chi connectivity index (χ3v) is 4.10. The maximum Gasteiger partial charge on any atom is 0.322 e.